The summed E-state index contributed by atoms with van der Waals surface area (Å²) in [7, 11) is 0. The minimum absolute atomic E-state index is 0.0222. The first-order valence-electron chi connectivity index (χ1n) is 10.9. The number of aryl methyl sites for hydroxylation is 1. The third kappa shape index (κ3) is 6.63. The number of rotatable bonds is 9. The predicted molar refractivity (Wildman–Crippen MR) is 123 cm³/mol. The molecule has 5 heteroatoms. The molecule has 3 rings (SSSR count). The molecule has 160 valence electrons. The highest BCUT2D eigenvalue weighted by Crippen LogP contribution is 2.21. The number of nitrogens with one attached hydrogen (secondary N) is 1. The molecule has 0 heterocycles. The van der Waals surface area contributed by atoms with Crippen LogP contribution in [0.3, 0.4) is 0 Å². The number of nitrogens with zero attached hydrogens (tertiary/aromatic N) is 1. The van der Waals surface area contributed by atoms with E-state index in [2.05, 4.69) is 23.5 Å². The fourth-order valence-electron chi connectivity index (χ4n) is 3.90. The van der Waals surface area contributed by atoms with E-state index < -0.39 is 6.04 Å². The summed E-state index contributed by atoms with van der Waals surface area (Å²) in [4.78, 5) is 28.9. The zero-order valence-electron chi connectivity index (χ0n) is 18.0. The van der Waals surface area contributed by atoms with Crippen molar-refractivity contribution in [1.82, 2.24) is 10.2 Å². The fourth-order valence-corrected chi connectivity index (χ4v) is 4.76. The summed E-state index contributed by atoms with van der Waals surface area (Å²) in [5.74, 6) is 0.678. The molecule has 0 aromatic heterocycles. The molecule has 2 amide bonds. The molecular formula is C25H32N2O2S. The van der Waals surface area contributed by atoms with Gasteiger partial charge in [0.1, 0.15) is 6.04 Å². The lowest BCUT2D eigenvalue weighted by molar-refractivity contribution is -0.140. The van der Waals surface area contributed by atoms with Crippen LogP contribution in [0, 0.1) is 6.92 Å². The molecule has 4 nitrogen and oxygen atoms in total. The van der Waals surface area contributed by atoms with Crippen molar-refractivity contribution in [3.63, 3.8) is 0 Å². The van der Waals surface area contributed by atoms with Gasteiger partial charge in [0.05, 0.1) is 0 Å². The van der Waals surface area contributed by atoms with Crippen LogP contribution < -0.4 is 5.32 Å². The SMILES string of the molecule is Cc1cccc(CN(C(=O)CCSc2ccccc2)[C@@H](C)C(=O)NC2CCCC2)c1. The van der Waals surface area contributed by atoms with Crippen LogP contribution >= 0.6 is 11.8 Å². The first-order valence-corrected chi connectivity index (χ1v) is 11.8. The van der Waals surface area contributed by atoms with E-state index in [1.165, 1.54) is 12.8 Å². The van der Waals surface area contributed by atoms with Crippen molar-refractivity contribution in [3.05, 3.63) is 65.7 Å². The molecule has 2 aromatic carbocycles. The van der Waals surface area contributed by atoms with Crippen LogP contribution in [0.15, 0.2) is 59.5 Å². The molecule has 30 heavy (non-hydrogen) atoms. The Hall–Kier alpha value is -2.27. The van der Waals surface area contributed by atoms with Crippen molar-refractivity contribution in [2.45, 2.75) is 69.5 Å². The van der Waals surface area contributed by atoms with E-state index in [-0.39, 0.29) is 17.9 Å². The van der Waals surface area contributed by atoms with Gasteiger partial charge in [-0.1, -0.05) is 60.9 Å². The van der Waals surface area contributed by atoms with Gasteiger partial charge >= 0.3 is 0 Å². The first-order chi connectivity index (χ1) is 14.5. The maximum atomic E-state index is 13.1. The van der Waals surface area contributed by atoms with E-state index >= 15 is 0 Å². The van der Waals surface area contributed by atoms with Gasteiger partial charge in [-0.25, -0.2) is 0 Å². The summed E-state index contributed by atoms with van der Waals surface area (Å²) in [6.45, 7) is 4.35. The molecule has 0 bridgehead atoms. The number of hydrogen-bond acceptors (Lipinski definition) is 3. The lowest BCUT2D eigenvalue weighted by Gasteiger charge is -2.30. The monoisotopic (exact) mass is 424 g/mol. The lowest BCUT2D eigenvalue weighted by atomic mass is 10.1. The van der Waals surface area contributed by atoms with Crippen LogP contribution in [0.1, 0.15) is 50.2 Å². The van der Waals surface area contributed by atoms with E-state index in [9.17, 15) is 9.59 Å². The van der Waals surface area contributed by atoms with Crippen LogP contribution in [0.25, 0.3) is 0 Å². The molecule has 1 aliphatic rings. The average molecular weight is 425 g/mol. The maximum absolute atomic E-state index is 13.1. The molecule has 1 atom stereocenters. The second-order valence-corrected chi connectivity index (χ2v) is 9.26. The topological polar surface area (TPSA) is 49.4 Å². The lowest BCUT2D eigenvalue weighted by Crippen LogP contribution is -2.49. The van der Waals surface area contributed by atoms with Gasteiger partial charge in [-0.3, -0.25) is 9.59 Å². The van der Waals surface area contributed by atoms with Gasteiger partial charge in [0.25, 0.3) is 0 Å². The molecule has 0 aliphatic heterocycles. The Labute approximate surface area is 184 Å². The third-order valence-electron chi connectivity index (χ3n) is 5.63. The molecule has 2 aromatic rings. The van der Waals surface area contributed by atoms with Crippen molar-refractivity contribution in [2.24, 2.45) is 0 Å². The Morgan fingerprint density at radius 3 is 2.53 bits per heavy atom. The van der Waals surface area contributed by atoms with Gasteiger partial charge in [-0.15, -0.1) is 11.8 Å². The zero-order chi connectivity index (χ0) is 21.3. The Morgan fingerprint density at radius 2 is 1.83 bits per heavy atom. The van der Waals surface area contributed by atoms with Crippen LogP contribution in [0.5, 0.6) is 0 Å². The number of hydrogen-bond donors (Lipinski definition) is 1. The summed E-state index contributed by atoms with van der Waals surface area (Å²) >= 11 is 1.67. The Balaban J connectivity index is 1.65. The van der Waals surface area contributed by atoms with Crippen molar-refractivity contribution in [3.8, 4) is 0 Å². The van der Waals surface area contributed by atoms with Crippen molar-refractivity contribution in [2.75, 3.05) is 5.75 Å². The highest BCUT2D eigenvalue weighted by Gasteiger charge is 2.28. The molecule has 1 N–H and O–H groups in total. The molecule has 0 spiro atoms. The first kappa shape index (κ1) is 22.4. The van der Waals surface area contributed by atoms with Gasteiger partial charge < -0.3 is 10.2 Å². The molecule has 0 unspecified atom stereocenters. The minimum Gasteiger partial charge on any atom is -0.352 e. The second-order valence-electron chi connectivity index (χ2n) is 8.09. The van der Waals surface area contributed by atoms with Crippen molar-refractivity contribution < 1.29 is 9.59 Å². The highest BCUT2D eigenvalue weighted by atomic mass is 32.2. The molecule has 0 radical (unpaired) electrons. The summed E-state index contributed by atoms with van der Waals surface area (Å²) in [5.41, 5.74) is 2.21. The number of benzene rings is 2. The largest absolute Gasteiger partial charge is 0.352 e. The number of carbonyl (C=O) groups is 2. The average Bonchev–Trinajstić information content (AvgIpc) is 3.25. The van der Waals surface area contributed by atoms with E-state index in [0.29, 0.717) is 18.7 Å². The quantitative estimate of drug-likeness (QED) is 0.579. The van der Waals surface area contributed by atoms with Crippen molar-refractivity contribution >= 4 is 23.6 Å². The normalized spacial score (nSPS) is 15.0. The smallest absolute Gasteiger partial charge is 0.242 e. The highest BCUT2D eigenvalue weighted by molar-refractivity contribution is 7.99. The van der Waals surface area contributed by atoms with Gasteiger partial charge in [0.2, 0.25) is 11.8 Å². The zero-order valence-corrected chi connectivity index (χ0v) is 18.8. The van der Waals surface area contributed by atoms with Crippen molar-refractivity contribution in [1.29, 1.82) is 0 Å². The molecule has 0 saturated heterocycles. The van der Waals surface area contributed by atoms with E-state index in [1.54, 1.807) is 16.7 Å². The predicted octanol–water partition coefficient (Wildman–Crippen LogP) is 4.95. The molecule has 1 fully saturated rings. The van der Waals surface area contributed by atoms with E-state index in [1.807, 2.05) is 50.2 Å². The van der Waals surface area contributed by atoms with Crippen LogP contribution in [0.2, 0.25) is 0 Å². The summed E-state index contributed by atoms with van der Waals surface area (Å²) in [6, 6.07) is 18.0. The Morgan fingerprint density at radius 1 is 1.10 bits per heavy atom. The van der Waals surface area contributed by atoms with Crippen LogP contribution in [0.4, 0.5) is 0 Å². The van der Waals surface area contributed by atoms with Gasteiger partial charge in [0, 0.05) is 29.7 Å². The van der Waals surface area contributed by atoms with E-state index in [0.717, 1.165) is 28.9 Å². The van der Waals surface area contributed by atoms with Crippen LogP contribution in [-0.4, -0.2) is 34.6 Å². The number of thioether (sulfide) groups is 1. The van der Waals surface area contributed by atoms with Gasteiger partial charge in [-0.05, 0) is 44.4 Å². The minimum atomic E-state index is -0.486. The molecule has 1 aliphatic carbocycles. The van der Waals surface area contributed by atoms with Crippen LogP contribution in [-0.2, 0) is 16.1 Å². The summed E-state index contributed by atoms with van der Waals surface area (Å²) < 4.78 is 0. The number of carbonyl (C=O) groups excluding carboxylic acids is 2. The molecular weight excluding hydrogens is 392 g/mol. The maximum Gasteiger partial charge on any atom is 0.242 e. The number of amides is 2. The second kappa shape index (κ2) is 11.2. The van der Waals surface area contributed by atoms with Gasteiger partial charge in [0.15, 0.2) is 0 Å². The molecule has 1 saturated carbocycles. The van der Waals surface area contributed by atoms with Gasteiger partial charge in [-0.2, -0.15) is 0 Å². The summed E-state index contributed by atoms with van der Waals surface area (Å²) in [6.07, 6.45) is 4.83. The fraction of sp³-hybridized carbons (Fsp3) is 0.440. The Bertz CT molecular complexity index is 834. The standard InChI is InChI=1S/C25H32N2O2S/c1-19-9-8-10-21(17-19)18-27(20(2)25(29)26-22-11-6-7-12-22)24(28)15-16-30-23-13-4-3-5-14-23/h3-5,8-10,13-14,17,20,22H,6-7,11-12,15-16,18H2,1-2H3,(H,26,29)/t20-/m0/s1. The van der Waals surface area contributed by atoms with E-state index in [4.69, 9.17) is 0 Å². The summed E-state index contributed by atoms with van der Waals surface area (Å²) in [5, 5.41) is 3.16. The Kier molecular flexibility index (Phi) is 8.38. The third-order valence-corrected chi connectivity index (χ3v) is 6.65.